The number of anilines is 1. The van der Waals surface area contributed by atoms with Crippen LogP contribution in [0, 0.1) is 0 Å². The summed E-state index contributed by atoms with van der Waals surface area (Å²) in [5.74, 6) is 1.55. The van der Waals surface area contributed by atoms with Crippen LogP contribution in [0.25, 0.3) is 22.4 Å². The number of aromatic amines is 1. The number of fused-ring (bicyclic) bond motifs is 1. The number of imidazole rings is 1. The van der Waals surface area contributed by atoms with Gasteiger partial charge in [0, 0.05) is 11.6 Å². The summed E-state index contributed by atoms with van der Waals surface area (Å²) < 4.78 is 5.17. The number of hydrogen-bond donors (Lipinski definition) is 3. The van der Waals surface area contributed by atoms with E-state index in [9.17, 15) is 5.11 Å². The van der Waals surface area contributed by atoms with Crippen molar-refractivity contribution in [3.05, 3.63) is 36.4 Å². The largest absolute Gasteiger partial charge is 0.506 e. The van der Waals surface area contributed by atoms with E-state index in [0.717, 1.165) is 22.3 Å². The van der Waals surface area contributed by atoms with Gasteiger partial charge in [-0.05, 0) is 30.3 Å². The van der Waals surface area contributed by atoms with Crippen LogP contribution >= 0.6 is 0 Å². The lowest BCUT2D eigenvalue weighted by atomic mass is 10.2. The van der Waals surface area contributed by atoms with Gasteiger partial charge in [-0.15, -0.1) is 0 Å². The first-order valence-electron chi connectivity index (χ1n) is 5.80. The number of nitrogens with two attached hydrogens (primary N) is 1. The molecule has 0 saturated carbocycles. The van der Waals surface area contributed by atoms with Crippen LogP contribution in [-0.2, 0) is 0 Å². The molecule has 96 valence electrons. The number of hydrogen-bond acceptors (Lipinski definition) is 4. The standard InChI is InChI=1S/C14H13N3O2/c1-19-9-3-4-11-12(7-9)17-14(16-11)8-2-5-13(18)10(15)6-8/h2-7,18H,15H2,1H3,(H,16,17). The molecule has 0 saturated heterocycles. The summed E-state index contributed by atoms with van der Waals surface area (Å²) in [7, 11) is 1.62. The van der Waals surface area contributed by atoms with E-state index >= 15 is 0 Å². The van der Waals surface area contributed by atoms with E-state index in [-0.39, 0.29) is 5.75 Å². The maximum atomic E-state index is 9.43. The van der Waals surface area contributed by atoms with E-state index in [1.54, 1.807) is 25.3 Å². The van der Waals surface area contributed by atoms with Gasteiger partial charge in [0.05, 0.1) is 23.8 Å². The second kappa shape index (κ2) is 4.20. The van der Waals surface area contributed by atoms with E-state index in [1.807, 2.05) is 18.2 Å². The molecule has 2 aromatic carbocycles. The zero-order valence-corrected chi connectivity index (χ0v) is 10.3. The van der Waals surface area contributed by atoms with Gasteiger partial charge in [0.25, 0.3) is 0 Å². The molecule has 5 heteroatoms. The highest BCUT2D eigenvalue weighted by molar-refractivity contribution is 5.81. The smallest absolute Gasteiger partial charge is 0.138 e. The van der Waals surface area contributed by atoms with Gasteiger partial charge in [-0.3, -0.25) is 0 Å². The van der Waals surface area contributed by atoms with Gasteiger partial charge in [-0.1, -0.05) is 0 Å². The Morgan fingerprint density at radius 1 is 1.21 bits per heavy atom. The number of ether oxygens (including phenoxy) is 1. The van der Waals surface area contributed by atoms with E-state index in [2.05, 4.69) is 9.97 Å². The quantitative estimate of drug-likeness (QED) is 0.485. The van der Waals surface area contributed by atoms with Crippen molar-refractivity contribution in [2.45, 2.75) is 0 Å². The number of phenolic OH excluding ortho intramolecular Hbond substituents is 1. The highest BCUT2D eigenvalue weighted by atomic mass is 16.5. The highest BCUT2D eigenvalue weighted by Gasteiger charge is 2.07. The van der Waals surface area contributed by atoms with Gasteiger partial charge >= 0.3 is 0 Å². The summed E-state index contributed by atoms with van der Waals surface area (Å²) in [5, 5.41) is 9.43. The van der Waals surface area contributed by atoms with E-state index in [1.165, 1.54) is 0 Å². The molecule has 0 amide bonds. The minimum atomic E-state index is 0.0709. The van der Waals surface area contributed by atoms with Crippen LogP contribution in [0.2, 0.25) is 0 Å². The molecule has 0 aliphatic rings. The maximum Gasteiger partial charge on any atom is 0.138 e. The Bertz CT molecular complexity index is 750. The van der Waals surface area contributed by atoms with Gasteiger partial charge in [0.2, 0.25) is 0 Å². The van der Waals surface area contributed by atoms with Crippen molar-refractivity contribution in [1.29, 1.82) is 0 Å². The molecule has 0 aliphatic carbocycles. The number of rotatable bonds is 2. The molecule has 0 radical (unpaired) electrons. The number of aromatic hydroxyl groups is 1. The molecule has 0 spiro atoms. The summed E-state index contributed by atoms with van der Waals surface area (Å²) >= 11 is 0. The lowest BCUT2D eigenvalue weighted by Crippen LogP contribution is -1.87. The fraction of sp³-hybridized carbons (Fsp3) is 0.0714. The third-order valence-corrected chi connectivity index (χ3v) is 2.99. The highest BCUT2D eigenvalue weighted by Crippen LogP contribution is 2.28. The van der Waals surface area contributed by atoms with Crippen molar-refractivity contribution in [3.63, 3.8) is 0 Å². The third-order valence-electron chi connectivity index (χ3n) is 2.99. The molecule has 3 aromatic rings. The lowest BCUT2D eigenvalue weighted by Gasteiger charge is -2.00. The summed E-state index contributed by atoms with van der Waals surface area (Å²) in [6, 6.07) is 10.6. The van der Waals surface area contributed by atoms with Crippen LogP contribution in [-0.4, -0.2) is 22.2 Å². The van der Waals surface area contributed by atoms with Gasteiger partial charge in [-0.25, -0.2) is 4.98 Å². The fourth-order valence-corrected chi connectivity index (χ4v) is 1.95. The molecule has 1 heterocycles. The Hall–Kier alpha value is -2.69. The van der Waals surface area contributed by atoms with Crippen LogP contribution in [0.4, 0.5) is 5.69 Å². The van der Waals surface area contributed by atoms with Crippen molar-refractivity contribution in [1.82, 2.24) is 9.97 Å². The number of methoxy groups -OCH3 is 1. The molecule has 3 rings (SSSR count). The fourth-order valence-electron chi connectivity index (χ4n) is 1.95. The van der Waals surface area contributed by atoms with Crippen molar-refractivity contribution in [2.24, 2.45) is 0 Å². The number of H-pyrrole nitrogens is 1. The minimum absolute atomic E-state index is 0.0709. The first kappa shape index (κ1) is 11.4. The van der Waals surface area contributed by atoms with Crippen LogP contribution < -0.4 is 10.5 Å². The van der Waals surface area contributed by atoms with E-state index in [4.69, 9.17) is 10.5 Å². The molecule has 0 fully saturated rings. The van der Waals surface area contributed by atoms with Gasteiger partial charge < -0.3 is 20.6 Å². The van der Waals surface area contributed by atoms with E-state index < -0.39 is 0 Å². The zero-order valence-electron chi connectivity index (χ0n) is 10.3. The minimum Gasteiger partial charge on any atom is -0.506 e. The Morgan fingerprint density at radius 2 is 2.05 bits per heavy atom. The molecular weight excluding hydrogens is 242 g/mol. The van der Waals surface area contributed by atoms with Crippen LogP contribution in [0.3, 0.4) is 0 Å². The number of nitrogens with zero attached hydrogens (tertiary/aromatic N) is 1. The number of aromatic nitrogens is 2. The number of nitrogen functional groups attached to an aromatic ring is 1. The Morgan fingerprint density at radius 3 is 2.79 bits per heavy atom. The molecular formula is C14H13N3O2. The average Bonchev–Trinajstić information content (AvgIpc) is 2.84. The topological polar surface area (TPSA) is 84.2 Å². The van der Waals surface area contributed by atoms with E-state index in [0.29, 0.717) is 11.5 Å². The lowest BCUT2D eigenvalue weighted by molar-refractivity contribution is 0.415. The monoisotopic (exact) mass is 255 g/mol. The SMILES string of the molecule is COc1ccc2nc(-c3ccc(O)c(N)c3)[nH]c2c1. The molecule has 0 atom stereocenters. The maximum absolute atomic E-state index is 9.43. The molecule has 0 bridgehead atoms. The van der Waals surface area contributed by atoms with Gasteiger partial charge in [0.1, 0.15) is 17.3 Å². The molecule has 0 aliphatic heterocycles. The Balaban J connectivity index is 2.11. The second-order valence-electron chi connectivity index (χ2n) is 4.24. The zero-order chi connectivity index (χ0) is 13.4. The van der Waals surface area contributed by atoms with Gasteiger partial charge in [-0.2, -0.15) is 0 Å². The molecule has 19 heavy (non-hydrogen) atoms. The third kappa shape index (κ3) is 1.95. The number of nitrogens with one attached hydrogen (secondary N) is 1. The van der Waals surface area contributed by atoms with Crippen molar-refractivity contribution >= 4 is 16.7 Å². The van der Waals surface area contributed by atoms with Crippen molar-refractivity contribution < 1.29 is 9.84 Å². The Labute approximate surface area is 109 Å². The second-order valence-corrected chi connectivity index (χ2v) is 4.24. The van der Waals surface area contributed by atoms with Crippen LogP contribution in [0.15, 0.2) is 36.4 Å². The van der Waals surface area contributed by atoms with Crippen LogP contribution in [0.1, 0.15) is 0 Å². The predicted octanol–water partition coefficient (Wildman–Crippen LogP) is 2.53. The summed E-state index contributed by atoms with van der Waals surface area (Å²) in [4.78, 5) is 7.69. The van der Waals surface area contributed by atoms with Crippen molar-refractivity contribution in [3.8, 4) is 22.9 Å². The Kier molecular flexibility index (Phi) is 2.52. The molecule has 0 unspecified atom stereocenters. The number of phenols is 1. The summed E-state index contributed by atoms with van der Waals surface area (Å²) in [5.41, 5.74) is 8.58. The average molecular weight is 255 g/mol. The number of benzene rings is 2. The van der Waals surface area contributed by atoms with Gasteiger partial charge in [0.15, 0.2) is 0 Å². The van der Waals surface area contributed by atoms with Crippen molar-refractivity contribution in [2.75, 3.05) is 12.8 Å². The van der Waals surface area contributed by atoms with Crippen LogP contribution in [0.5, 0.6) is 11.5 Å². The normalized spacial score (nSPS) is 10.8. The predicted molar refractivity (Wildman–Crippen MR) is 74.2 cm³/mol. The molecule has 5 nitrogen and oxygen atoms in total. The summed E-state index contributed by atoms with van der Waals surface area (Å²) in [6.45, 7) is 0. The first-order chi connectivity index (χ1) is 9.17. The molecule has 4 N–H and O–H groups in total. The first-order valence-corrected chi connectivity index (χ1v) is 5.80. The molecule has 1 aromatic heterocycles. The summed E-state index contributed by atoms with van der Waals surface area (Å²) in [6.07, 6.45) is 0.